The summed E-state index contributed by atoms with van der Waals surface area (Å²) in [5.41, 5.74) is 1.44. The molecule has 1 aliphatic carbocycles. The maximum atomic E-state index is 12.7. The number of hydrogen-bond acceptors (Lipinski definition) is 8. The number of aromatic nitrogens is 1. The summed E-state index contributed by atoms with van der Waals surface area (Å²) in [6, 6.07) is 7.61. The van der Waals surface area contributed by atoms with E-state index in [4.69, 9.17) is 25.2 Å². The second-order valence-electron chi connectivity index (χ2n) is 10.3. The number of benzene rings is 1. The van der Waals surface area contributed by atoms with E-state index in [-0.39, 0.29) is 29.7 Å². The highest BCUT2D eigenvalue weighted by Crippen LogP contribution is 2.53. The van der Waals surface area contributed by atoms with Crippen molar-refractivity contribution in [2.24, 2.45) is 11.3 Å². The molecule has 5 rings (SSSR count). The van der Waals surface area contributed by atoms with E-state index < -0.39 is 32.8 Å². The van der Waals surface area contributed by atoms with Gasteiger partial charge in [0.25, 0.3) is 15.9 Å². The average molecular weight is 550 g/mol. The number of fused-ring (bicyclic) bond motifs is 1. The summed E-state index contributed by atoms with van der Waals surface area (Å²) in [6.45, 7) is 4.63. The van der Waals surface area contributed by atoms with Crippen LogP contribution in [0.4, 0.5) is 0 Å². The number of nitrogens with one attached hydrogen (secondary N) is 2. The highest BCUT2D eigenvalue weighted by atomic mass is 35.5. The first-order valence-electron chi connectivity index (χ1n) is 12.1. The molecule has 2 aliphatic rings. The van der Waals surface area contributed by atoms with Crippen LogP contribution in [0.5, 0.6) is 0 Å². The highest BCUT2D eigenvalue weighted by Gasteiger charge is 2.44. The zero-order valence-electron chi connectivity index (χ0n) is 20.5. The third-order valence-electron chi connectivity index (χ3n) is 6.98. The van der Waals surface area contributed by atoms with Crippen molar-refractivity contribution in [1.82, 2.24) is 15.0 Å². The van der Waals surface area contributed by atoms with Crippen LogP contribution < -0.4 is 10.0 Å². The van der Waals surface area contributed by atoms with Crippen molar-refractivity contribution in [2.45, 2.75) is 56.6 Å². The van der Waals surface area contributed by atoms with Crippen LogP contribution in [-0.4, -0.2) is 44.5 Å². The Morgan fingerprint density at radius 1 is 1.22 bits per heavy atom. The lowest BCUT2D eigenvalue weighted by molar-refractivity contribution is -0.123. The van der Waals surface area contributed by atoms with Crippen LogP contribution in [0.3, 0.4) is 0 Å². The van der Waals surface area contributed by atoms with E-state index in [0.29, 0.717) is 35.9 Å². The van der Waals surface area contributed by atoms with Gasteiger partial charge in [-0.25, -0.2) is 9.71 Å². The van der Waals surface area contributed by atoms with Crippen LogP contribution in [0.25, 0.3) is 11.1 Å². The number of amides is 2. The van der Waals surface area contributed by atoms with Crippen molar-refractivity contribution in [1.29, 1.82) is 0 Å². The zero-order chi connectivity index (χ0) is 26.4. The predicted molar refractivity (Wildman–Crippen MR) is 134 cm³/mol. The van der Waals surface area contributed by atoms with Gasteiger partial charge in [0.1, 0.15) is 5.52 Å². The fourth-order valence-electron chi connectivity index (χ4n) is 5.24. The quantitative estimate of drug-likeness (QED) is 0.429. The van der Waals surface area contributed by atoms with Gasteiger partial charge in [0, 0.05) is 23.6 Å². The number of hydrogen-bond donors (Lipinski definition) is 2. The molecule has 12 heteroatoms. The van der Waals surface area contributed by atoms with Gasteiger partial charge in [-0.1, -0.05) is 18.5 Å². The van der Waals surface area contributed by atoms with Crippen LogP contribution in [0.2, 0.25) is 5.02 Å². The maximum Gasteiger partial charge on any atom is 0.297 e. The molecular formula is C25H28ClN3O7S. The molecule has 1 saturated carbocycles. The first kappa shape index (κ1) is 25.7. The second kappa shape index (κ2) is 9.77. The molecule has 2 amide bonds. The number of nitrogens with zero attached hydrogens (tertiary/aromatic N) is 1. The predicted octanol–water partition coefficient (Wildman–Crippen LogP) is 4.01. The van der Waals surface area contributed by atoms with E-state index in [1.54, 1.807) is 12.1 Å². The third-order valence-corrected chi connectivity index (χ3v) is 8.43. The lowest BCUT2D eigenvalue weighted by atomic mass is 9.60. The first-order chi connectivity index (χ1) is 17.5. The van der Waals surface area contributed by atoms with E-state index >= 15 is 0 Å². The molecule has 1 aliphatic heterocycles. The number of carbonyl (C=O) groups is 2. The number of ether oxygens (including phenoxy) is 1. The fourth-order valence-corrected chi connectivity index (χ4v) is 6.39. The molecule has 3 aromatic rings. The van der Waals surface area contributed by atoms with Gasteiger partial charge in [-0.15, -0.1) is 0 Å². The van der Waals surface area contributed by atoms with Gasteiger partial charge >= 0.3 is 0 Å². The van der Waals surface area contributed by atoms with Crippen molar-refractivity contribution < 1.29 is 31.6 Å². The molecule has 2 aromatic heterocycles. The first-order valence-corrected chi connectivity index (χ1v) is 14.0. The molecule has 1 unspecified atom stereocenters. The van der Waals surface area contributed by atoms with Gasteiger partial charge in [-0.3, -0.25) is 9.59 Å². The molecule has 37 heavy (non-hydrogen) atoms. The molecule has 3 heterocycles. The Morgan fingerprint density at radius 2 is 2.00 bits per heavy atom. The van der Waals surface area contributed by atoms with Crippen molar-refractivity contribution >= 4 is 44.5 Å². The lowest BCUT2D eigenvalue weighted by Crippen LogP contribution is -2.41. The lowest BCUT2D eigenvalue weighted by Gasteiger charge is -2.45. The number of carbonyl (C=O) groups excluding carboxylic acids is 2. The summed E-state index contributed by atoms with van der Waals surface area (Å²) in [7, 11) is -4.23. The van der Waals surface area contributed by atoms with Crippen LogP contribution in [-0.2, 0) is 19.6 Å². The molecule has 10 nitrogen and oxygen atoms in total. The topological polar surface area (TPSA) is 141 Å². The molecule has 2 N–H and O–H groups in total. The minimum Gasteiger partial charge on any atom is -0.440 e. The molecule has 1 aromatic carbocycles. The molecule has 198 valence electrons. The summed E-state index contributed by atoms with van der Waals surface area (Å²) in [4.78, 5) is 29.4. The van der Waals surface area contributed by atoms with Gasteiger partial charge in [0.05, 0.1) is 12.5 Å². The van der Waals surface area contributed by atoms with Gasteiger partial charge in [-0.05, 0) is 68.4 Å². The van der Waals surface area contributed by atoms with Crippen molar-refractivity contribution in [2.75, 3.05) is 13.2 Å². The standard InChI is InChI=1S/C25H28ClN3O7S/c1-14(10-25(2)11-16(12-25)24-28-18-9-17(26)3-4-19(18)36-24)27-23(31)20-5-6-21(35-20)37(32,33)29-22(30)15-7-8-34-13-15/h3-6,9,14-16H,7-8,10-13H2,1-2H3,(H,27,31)(H,29,30)/t14-,15?,16?,25?/m0/s1. The van der Waals surface area contributed by atoms with E-state index in [9.17, 15) is 18.0 Å². The maximum absolute atomic E-state index is 12.7. The summed E-state index contributed by atoms with van der Waals surface area (Å²) in [5.74, 6) is -0.958. The van der Waals surface area contributed by atoms with Crippen LogP contribution in [0.15, 0.2) is 44.3 Å². The van der Waals surface area contributed by atoms with E-state index in [2.05, 4.69) is 17.2 Å². The van der Waals surface area contributed by atoms with Crippen LogP contribution >= 0.6 is 11.6 Å². The number of furan rings is 1. The fraction of sp³-hybridized carbons (Fsp3) is 0.480. The molecular weight excluding hydrogens is 522 g/mol. The zero-order valence-corrected chi connectivity index (χ0v) is 22.0. The second-order valence-corrected chi connectivity index (χ2v) is 12.4. The Kier molecular flexibility index (Phi) is 6.80. The van der Waals surface area contributed by atoms with Crippen molar-refractivity contribution in [3.05, 3.63) is 47.0 Å². The van der Waals surface area contributed by atoms with Gasteiger partial charge in [0.2, 0.25) is 11.0 Å². The van der Waals surface area contributed by atoms with Gasteiger partial charge in [0.15, 0.2) is 17.2 Å². The normalized spacial score (nSPS) is 24.5. The molecule has 1 saturated heterocycles. The summed E-state index contributed by atoms with van der Waals surface area (Å²) < 4.78 is 43.3. The molecule has 0 spiro atoms. The van der Waals surface area contributed by atoms with Crippen molar-refractivity contribution in [3.63, 3.8) is 0 Å². The van der Waals surface area contributed by atoms with Crippen molar-refractivity contribution in [3.8, 4) is 0 Å². The average Bonchev–Trinajstić information content (AvgIpc) is 3.57. The summed E-state index contributed by atoms with van der Waals surface area (Å²) in [6.07, 6.45) is 2.90. The minimum absolute atomic E-state index is 0.0123. The number of sulfonamides is 1. The molecule has 0 bridgehead atoms. The molecule has 2 atom stereocenters. The third kappa shape index (κ3) is 5.53. The Labute approximate surface area is 219 Å². The number of rotatable bonds is 8. The minimum atomic E-state index is -4.23. The number of halogens is 1. The summed E-state index contributed by atoms with van der Waals surface area (Å²) in [5, 5.41) is 2.99. The Balaban J connectivity index is 1.14. The smallest absolute Gasteiger partial charge is 0.297 e. The Morgan fingerprint density at radius 3 is 2.73 bits per heavy atom. The van der Waals surface area contributed by atoms with E-state index in [1.165, 1.54) is 6.07 Å². The van der Waals surface area contributed by atoms with E-state index in [0.717, 1.165) is 24.4 Å². The molecule has 2 fully saturated rings. The monoisotopic (exact) mass is 549 g/mol. The highest BCUT2D eigenvalue weighted by molar-refractivity contribution is 7.89. The largest absolute Gasteiger partial charge is 0.440 e. The summed E-state index contributed by atoms with van der Waals surface area (Å²) >= 11 is 6.04. The van der Waals surface area contributed by atoms with Gasteiger partial charge in [-0.2, -0.15) is 8.42 Å². The van der Waals surface area contributed by atoms with Gasteiger partial charge < -0.3 is 18.9 Å². The Hall–Kier alpha value is -2.89. The Bertz CT molecular complexity index is 1440. The van der Waals surface area contributed by atoms with Crippen LogP contribution in [0.1, 0.15) is 61.9 Å². The van der Waals surface area contributed by atoms with Crippen LogP contribution in [0, 0.1) is 11.3 Å². The number of oxazole rings is 1. The SMILES string of the molecule is C[C@@H](CC1(C)CC(c2nc3cc(Cl)ccc3o2)C1)NC(=O)c1ccc(S(=O)(=O)NC(=O)C2CCOC2)o1. The molecule has 0 radical (unpaired) electrons. The van der Waals surface area contributed by atoms with E-state index in [1.807, 2.05) is 17.7 Å².